The van der Waals surface area contributed by atoms with Gasteiger partial charge < -0.3 is 0 Å². The molecule has 23 heavy (non-hydrogen) atoms. The number of hydrogen-bond acceptors (Lipinski definition) is 2. The summed E-state index contributed by atoms with van der Waals surface area (Å²) in [5.74, 6) is 0. The summed E-state index contributed by atoms with van der Waals surface area (Å²) in [7, 11) is 0. The summed E-state index contributed by atoms with van der Waals surface area (Å²) in [6.07, 6.45) is 1.90. The van der Waals surface area contributed by atoms with Crippen molar-refractivity contribution in [2.24, 2.45) is 0 Å². The van der Waals surface area contributed by atoms with Crippen molar-refractivity contribution >= 4 is 27.3 Å². The Hall–Kier alpha value is -3.20. The van der Waals surface area contributed by atoms with Gasteiger partial charge in [-0.3, -0.25) is 4.98 Å². The molecule has 0 aliphatic carbocycles. The van der Waals surface area contributed by atoms with E-state index in [1.807, 2.05) is 41.0 Å². The minimum Gasteiger partial charge on any atom is -0.256 e. The van der Waals surface area contributed by atoms with E-state index in [1.165, 1.54) is 5.39 Å². The maximum atomic E-state index is 4.79. The van der Waals surface area contributed by atoms with E-state index < -0.39 is 0 Å². The molecule has 0 atom stereocenters. The largest absolute Gasteiger partial charge is 0.256 e. The van der Waals surface area contributed by atoms with Crippen LogP contribution in [0.2, 0.25) is 0 Å². The quantitative estimate of drug-likeness (QED) is 0.448. The molecule has 0 saturated carbocycles. The Morgan fingerprint density at radius 1 is 0.739 bits per heavy atom. The van der Waals surface area contributed by atoms with E-state index in [1.54, 1.807) is 0 Å². The first-order valence-electron chi connectivity index (χ1n) is 7.61. The van der Waals surface area contributed by atoms with Gasteiger partial charge in [0.25, 0.3) is 0 Å². The number of rotatable bonds is 1. The van der Waals surface area contributed by atoms with Crippen LogP contribution in [-0.4, -0.2) is 14.6 Å². The third kappa shape index (κ3) is 1.90. The average Bonchev–Trinajstić information content (AvgIpc) is 3.06. The van der Waals surface area contributed by atoms with Gasteiger partial charge in [-0.05, 0) is 30.3 Å². The Balaban J connectivity index is 1.76. The van der Waals surface area contributed by atoms with E-state index in [0.717, 1.165) is 33.2 Å². The summed E-state index contributed by atoms with van der Waals surface area (Å²) in [6.45, 7) is 0. The summed E-state index contributed by atoms with van der Waals surface area (Å²) >= 11 is 0. The maximum Gasteiger partial charge on any atom is 0.0949 e. The van der Waals surface area contributed by atoms with Crippen LogP contribution in [0, 0.1) is 0 Å². The van der Waals surface area contributed by atoms with Crippen LogP contribution in [0.4, 0.5) is 0 Å². The van der Waals surface area contributed by atoms with Gasteiger partial charge in [-0.1, -0.05) is 42.5 Å². The summed E-state index contributed by atoms with van der Waals surface area (Å²) in [6, 6.07) is 24.9. The standard InChI is InChI=1S/C20H13N3/c1-3-7-18-15(6-1)11-16(13-21-18)19-12-17-10-9-14-5-2-4-8-20(14)23(17)22-19/h1-13H. The van der Waals surface area contributed by atoms with Crippen molar-refractivity contribution in [1.29, 1.82) is 0 Å². The molecule has 3 nitrogen and oxygen atoms in total. The Labute approximate surface area is 132 Å². The van der Waals surface area contributed by atoms with Crippen molar-refractivity contribution in [1.82, 2.24) is 14.6 Å². The van der Waals surface area contributed by atoms with Crippen LogP contribution in [0.3, 0.4) is 0 Å². The van der Waals surface area contributed by atoms with Crippen LogP contribution in [0.5, 0.6) is 0 Å². The van der Waals surface area contributed by atoms with Gasteiger partial charge in [0.1, 0.15) is 0 Å². The molecule has 0 unspecified atom stereocenters. The first kappa shape index (κ1) is 12.4. The average molecular weight is 295 g/mol. The molecule has 3 aromatic heterocycles. The topological polar surface area (TPSA) is 30.2 Å². The molecule has 5 rings (SSSR count). The van der Waals surface area contributed by atoms with Crippen LogP contribution in [0.15, 0.2) is 79.0 Å². The SMILES string of the molecule is c1ccc2ncc(-c3cc4ccc5ccccc5n4n3)cc2c1. The zero-order valence-electron chi connectivity index (χ0n) is 12.3. The molecule has 5 aromatic rings. The number of hydrogen-bond donors (Lipinski definition) is 0. The Morgan fingerprint density at radius 2 is 1.57 bits per heavy atom. The second-order valence-corrected chi connectivity index (χ2v) is 5.68. The normalized spacial score (nSPS) is 11.5. The monoisotopic (exact) mass is 295 g/mol. The first-order chi connectivity index (χ1) is 11.4. The predicted molar refractivity (Wildman–Crippen MR) is 93.4 cm³/mol. The Kier molecular flexibility index (Phi) is 2.50. The van der Waals surface area contributed by atoms with Gasteiger partial charge in [0.2, 0.25) is 0 Å². The van der Waals surface area contributed by atoms with Gasteiger partial charge in [-0.25, -0.2) is 4.52 Å². The van der Waals surface area contributed by atoms with Gasteiger partial charge >= 0.3 is 0 Å². The van der Waals surface area contributed by atoms with Gasteiger partial charge in [-0.15, -0.1) is 0 Å². The lowest BCUT2D eigenvalue weighted by molar-refractivity contribution is 1.01. The van der Waals surface area contributed by atoms with Crippen LogP contribution in [0.25, 0.3) is 38.6 Å². The molecule has 0 radical (unpaired) electrons. The zero-order chi connectivity index (χ0) is 15.2. The van der Waals surface area contributed by atoms with Crippen LogP contribution < -0.4 is 0 Å². The highest BCUT2D eigenvalue weighted by atomic mass is 15.2. The van der Waals surface area contributed by atoms with Gasteiger partial charge in [0.05, 0.1) is 22.2 Å². The van der Waals surface area contributed by atoms with Gasteiger partial charge in [0.15, 0.2) is 0 Å². The molecule has 0 fully saturated rings. The Morgan fingerprint density at radius 3 is 2.52 bits per heavy atom. The van der Waals surface area contributed by atoms with Crippen molar-refractivity contribution in [3.8, 4) is 11.3 Å². The van der Waals surface area contributed by atoms with Crippen LogP contribution in [-0.2, 0) is 0 Å². The van der Waals surface area contributed by atoms with Crippen molar-refractivity contribution in [2.75, 3.05) is 0 Å². The fraction of sp³-hybridized carbons (Fsp3) is 0. The first-order valence-corrected chi connectivity index (χ1v) is 7.61. The summed E-state index contributed by atoms with van der Waals surface area (Å²) in [5.41, 5.74) is 5.19. The van der Waals surface area contributed by atoms with Gasteiger partial charge in [-0.2, -0.15) is 5.10 Å². The molecule has 108 valence electrons. The third-order valence-corrected chi connectivity index (χ3v) is 4.22. The third-order valence-electron chi connectivity index (χ3n) is 4.22. The van der Waals surface area contributed by atoms with Crippen molar-refractivity contribution in [3.63, 3.8) is 0 Å². The van der Waals surface area contributed by atoms with Crippen LogP contribution >= 0.6 is 0 Å². The molecule has 0 N–H and O–H groups in total. The van der Waals surface area contributed by atoms with Crippen molar-refractivity contribution in [2.45, 2.75) is 0 Å². The smallest absolute Gasteiger partial charge is 0.0949 e. The predicted octanol–water partition coefficient (Wildman–Crippen LogP) is 4.70. The zero-order valence-corrected chi connectivity index (χ0v) is 12.3. The lowest BCUT2D eigenvalue weighted by atomic mass is 10.1. The second-order valence-electron chi connectivity index (χ2n) is 5.68. The highest BCUT2D eigenvalue weighted by Crippen LogP contribution is 2.25. The number of aromatic nitrogens is 3. The number of nitrogens with zero attached hydrogens (tertiary/aromatic N) is 3. The number of para-hydroxylation sites is 2. The van der Waals surface area contributed by atoms with E-state index >= 15 is 0 Å². The summed E-state index contributed by atoms with van der Waals surface area (Å²) in [4.78, 5) is 4.54. The highest BCUT2D eigenvalue weighted by molar-refractivity contribution is 5.85. The molecular weight excluding hydrogens is 282 g/mol. The number of pyridine rings is 2. The molecule has 0 saturated heterocycles. The lowest BCUT2D eigenvalue weighted by Crippen LogP contribution is -1.90. The van der Waals surface area contributed by atoms with Crippen LogP contribution in [0.1, 0.15) is 0 Å². The van der Waals surface area contributed by atoms with E-state index in [-0.39, 0.29) is 0 Å². The fourth-order valence-corrected chi connectivity index (χ4v) is 3.06. The summed E-state index contributed by atoms with van der Waals surface area (Å²) in [5, 5.41) is 7.11. The minimum absolute atomic E-state index is 0.944. The second kappa shape index (κ2) is 4.65. The van der Waals surface area contributed by atoms with Crippen molar-refractivity contribution < 1.29 is 0 Å². The molecule has 3 heteroatoms. The molecule has 0 aliphatic rings. The van der Waals surface area contributed by atoms with Crippen molar-refractivity contribution in [3.05, 3.63) is 79.0 Å². The Bertz CT molecular complexity index is 1170. The lowest BCUT2D eigenvalue weighted by Gasteiger charge is -2.01. The summed E-state index contributed by atoms with van der Waals surface area (Å²) < 4.78 is 2.00. The molecule has 0 spiro atoms. The molecule has 2 aromatic carbocycles. The molecular formula is C20H13N3. The number of fused-ring (bicyclic) bond motifs is 4. The molecule has 3 heterocycles. The minimum atomic E-state index is 0.944. The molecule has 0 aliphatic heterocycles. The van der Waals surface area contributed by atoms with E-state index in [0.29, 0.717) is 0 Å². The maximum absolute atomic E-state index is 4.79. The molecule has 0 bridgehead atoms. The van der Waals surface area contributed by atoms with Gasteiger partial charge in [0, 0.05) is 22.5 Å². The molecule has 0 amide bonds. The highest BCUT2D eigenvalue weighted by Gasteiger charge is 2.08. The fourth-order valence-electron chi connectivity index (χ4n) is 3.06. The number of benzene rings is 2. The van der Waals surface area contributed by atoms with E-state index in [2.05, 4.69) is 47.4 Å². The van der Waals surface area contributed by atoms with E-state index in [4.69, 9.17) is 5.10 Å². The van der Waals surface area contributed by atoms with E-state index in [9.17, 15) is 0 Å².